The van der Waals surface area contributed by atoms with E-state index in [1.165, 1.54) is 25.4 Å². The molecule has 3 rings (SSSR count). The van der Waals surface area contributed by atoms with Crippen LogP contribution < -0.4 is 16.0 Å². The second kappa shape index (κ2) is 7.93. The van der Waals surface area contributed by atoms with E-state index >= 15 is 0 Å². The fourth-order valence-corrected chi connectivity index (χ4v) is 2.36. The van der Waals surface area contributed by atoms with Crippen LogP contribution in [0.15, 0.2) is 54.9 Å². The molecule has 0 saturated heterocycles. The number of pyridine rings is 2. The Balaban J connectivity index is 1.97. The van der Waals surface area contributed by atoms with Crippen molar-refractivity contribution in [3.05, 3.63) is 71.8 Å². The van der Waals surface area contributed by atoms with Crippen LogP contribution >= 0.6 is 0 Å². The Morgan fingerprint density at radius 1 is 1.04 bits per heavy atom. The Morgan fingerprint density at radius 2 is 1.81 bits per heavy atom. The normalized spacial score (nSPS) is 9.96. The molecule has 0 aliphatic rings. The smallest absolute Gasteiger partial charge is 0.254 e. The molecule has 0 aliphatic carbocycles. The fourth-order valence-electron chi connectivity index (χ4n) is 2.36. The van der Waals surface area contributed by atoms with Gasteiger partial charge < -0.3 is 16.0 Å². The van der Waals surface area contributed by atoms with Gasteiger partial charge in [-0.3, -0.25) is 4.79 Å². The lowest BCUT2D eigenvalue weighted by atomic mass is 10.1. The van der Waals surface area contributed by atoms with Gasteiger partial charge in [0, 0.05) is 19.3 Å². The van der Waals surface area contributed by atoms with Gasteiger partial charge in [0.15, 0.2) is 0 Å². The average molecular weight is 362 g/mol. The molecule has 0 spiro atoms. The molecule has 1 aromatic carbocycles. The van der Waals surface area contributed by atoms with E-state index in [1.807, 2.05) is 0 Å². The molecule has 7 nitrogen and oxygen atoms in total. The maximum atomic E-state index is 13.0. The summed E-state index contributed by atoms with van der Waals surface area (Å²) >= 11 is 0. The maximum Gasteiger partial charge on any atom is 0.254 e. The molecular weight excluding hydrogens is 347 g/mol. The number of aromatic nitrogens is 2. The summed E-state index contributed by atoms with van der Waals surface area (Å²) in [7, 11) is 1.52. The van der Waals surface area contributed by atoms with E-state index in [4.69, 9.17) is 0 Å². The van der Waals surface area contributed by atoms with Crippen molar-refractivity contribution in [1.29, 1.82) is 5.26 Å². The molecule has 2 heterocycles. The lowest BCUT2D eigenvalue weighted by molar-refractivity contribution is 0.0963. The molecule has 3 aromatic rings. The summed E-state index contributed by atoms with van der Waals surface area (Å²) in [5.41, 5.74) is 1.76. The van der Waals surface area contributed by atoms with Gasteiger partial charge in [0.25, 0.3) is 5.91 Å². The quantitative estimate of drug-likeness (QED) is 0.643. The van der Waals surface area contributed by atoms with Crippen LogP contribution in [-0.4, -0.2) is 22.9 Å². The second-order valence-electron chi connectivity index (χ2n) is 5.46. The summed E-state index contributed by atoms with van der Waals surface area (Å²) in [5.74, 6) is 0.0310. The molecule has 0 bridgehead atoms. The van der Waals surface area contributed by atoms with Crippen LogP contribution in [0.2, 0.25) is 0 Å². The average Bonchev–Trinajstić information content (AvgIpc) is 2.70. The van der Waals surface area contributed by atoms with Crippen molar-refractivity contribution in [2.75, 3.05) is 17.7 Å². The second-order valence-corrected chi connectivity index (χ2v) is 5.46. The van der Waals surface area contributed by atoms with Gasteiger partial charge in [-0.15, -0.1) is 0 Å². The Kier molecular flexibility index (Phi) is 5.23. The zero-order valence-corrected chi connectivity index (χ0v) is 14.3. The Labute approximate surface area is 154 Å². The van der Waals surface area contributed by atoms with Crippen molar-refractivity contribution in [3.8, 4) is 6.07 Å². The van der Waals surface area contributed by atoms with E-state index in [9.17, 15) is 14.4 Å². The molecule has 2 aromatic heterocycles. The van der Waals surface area contributed by atoms with Crippen LogP contribution in [0.25, 0.3) is 0 Å². The van der Waals surface area contributed by atoms with Crippen molar-refractivity contribution in [2.24, 2.45) is 0 Å². The van der Waals surface area contributed by atoms with E-state index < -0.39 is 5.82 Å². The van der Waals surface area contributed by atoms with Crippen LogP contribution in [0.4, 0.5) is 27.4 Å². The van der Waals surface area contributed by atoms with Crippen LogP contribution in [0.3, 0.4) is 0 Å². The molecule has 27 heavy (non-hydrogen) atoms. The zero-order valence-electron chi connectivity index (χ0n) is 14.3. The Hall–Kier alpha value is -3.99. The molecule has 3 N–H and O–H groups in total. The number of carbonyl (C=O) groups excluding carboxylic acids is 1. The van der Waals surface area contributed by atoms with Gasteiger partial charge in [-0.1, -0.05) is 12.1 Å². The lowest BCUT2D eigenvalue weighted by Gasteiger charge is -2.14. The highest BCUT2D eigenvalue weighted by molar-refractivity contribution is 6.00. The van der Waals surface area contributed by atoms with E-state index in [1.54, 1.807) is 30.3 Å². The number of nitrogens with one attached hydrogen (secondary N) is 3. The maximum absolute atomic E-state index is 13.0. The third-order valence-electron chi connectivity index (χ3n) is 3.68. The zero-order chi connectivity index (χ0) is 19.2. The molecule has 8 heteroatoms. The van der Waals surface area contributed by atoms with Gasteiger partial charge in [0.1, 0.15) is 23.5 Å². The largest absolute Gasteiger partial charge is 0.355 e. The number of rotatable bonds is 5. The van der Waals surface area contributed by atoms with Crippen LogP contribution in [-0.2, 0) is 0 Å². The first-order chi connectivity index (χ1) is 13.1. The van der Waals surface area contributed by atoms with Gasteiger partial charge in [0.05, 0.1) is 28.7 Å². The highest BCUT2D eigenvalue weighted by Gasteiger charge is 2.14. The Morgan fingerprint density at radius 3 is 2.52 bits per heavy atom. The van der Waals surface area contributed by atoms with E-state index in [2.05, 4.69) is 32.0 Å². The van der Waals surface area contributed by atoms with Crippen LogP contribution in [0.1, 0.15) is 15.9 Å². The van der Waals surface area contributed by atoms with Crippen molar-refractivity contribution >= 4 is 28.9 Å². The number of amides is 1. The standard InChI is InChI=1S/C19H15FN6O/c1-22-19(27)14-11-24-18(26-17-7-6-13(20)10-23-17)8-16(14)25-15-5-3-2-4-12(15)9-21/h2-8,10-11H,1H3,(H,22,27)(H2,23,24,25,26). The van der Waals surface area contributed by atoms with Gasteiger partial charge in [-0.25, -0.2) is 14.4 Å². The molecule has 134 valence electrons. The molecule has 0 aliphatic heterocycles. The predicted octanol–water partition coefficient (Wildman–Crippen LogP) is 3.33. The summed E-state index contributed by atoms with van der Waals surface area (Å²) in [4.78, 5) is 20.3. The number of anilines is 4. The minimum absolute atomic E-state index is 0.308. The minimum atomic E-state index is -0.445. The summed E-state index contributed by atoms with van der Waals surface area (Å²) in [6.07, 6.45) is 2.49. The van der Waals surface area contributed by atoms with Crippen molar-refractivity contribution in [1.82, 2.24) is 15.3 Å². The van der Waals surface area contributed by atoms with Gasteiger partial charge in [-0.05, 0) is 24.3 Å². The van der Waals surface area contributed by atoms with Gasteiger partial charge in [-0.2, -0.15) is 5.26 Å². The van der Waals surface area contributed by atoms with Crippen molar-refractivity contribution in [2.45, 2.75) is 0 Å². The number of para-hydroxylation sites is 1. The van der Waals surface area contributed by atoms with Crippen molar-refractivity contribution in [3.63, 3.8) is 0 Å². The van der Waals surface area contributed by atoms with E-state index in [0.29, 0.717) is 34.1 Å². The van der Waals surface area contributed by atoms with Crippen molar-refractivity contribution < 1.29 is 9.18 Å². The summed E-state index contributed by atoms with van der Waals surface area (Å²) in [5, 5.41) is 17.9. The SMILES string of the molecule is CNC(=O)c1cnc(Nc2ccc(F)cn2)cc1Nc1ccccc1C#N. The summed E-state index contributed by atoms with van der Waals surface area (Å²) in [6.45, 7) is 0. The summed E-state index contributed by atoms with van der Waals surface area (Å²) in [6, 6.07) is 13.4. The van der Waals surface area contributed by atoms with Crippen LogP contribution in [0.5, 0.6) is 0 Å². The van der Waals surface area contributed by atoms with Gasteiger partial charge in [0.2, 0.25) is 0 Å². The third-order valence-corrected chi connectivity index (χ3v) is 3.68. The highest BCUT2D eigenvalue weighted by atomic mass is 19.1. The number of halogens is 1. The molecule has 1 amide bonds. The first-order valence-corrected chi connectivity index (χ1v) is 7.97. The third kappa shape index (κ3) is 4.16. The molecule has 0 atom stereocenters. The molecule has 0 radical (unpaired) electrons. The number of hydrogen-bond donors (Lipinski definition) is 3. The lowest BCUT2D eigenvalue weighted by Crippen LogP contribution is -2.19. The van der Waals surface area contributed by atoms with Gasteiger partial charge >= 0.3 is 0 Å². The number of carbonyl (C=O) groups is 1. The predicted molar refractivity (Wildman–Crippen MR) is 99.5 cm³/mol. The molecular formula is C19H15FN6O. The summed E-state index contributed by atoms with van der Waals surface area (Å²) < 4.78 is 13.0. The van der Waals surface area contributed by atoms with Crippen LogP contribution in [0, 0.1) is 17.1 Å². The number of nitrogens with zero attached hydrogens (tertiary/aromatic N) is 3. The van der Waals surface area contributed by atoms with E-state index in [0.717, 1.165) is 6.20 Å². The molecule has 0 fully saturated rings. The molecule has 0 unspecified atom stereocenters. The fraction of sp³-hybridized carbons (Fsp3) is 0.0526. The molecule has 0 saturated carbocycles. The minimum Gasteiger partial charge on any atom is -0.355 e. The number of hydrogen-bond acceptors (Lipinski definition) is 6. The highest BCUT2D eigenvalue weighted by Crippen LogP contribution is 2.26. The number of benzene rings is 1. The Bertz CT molecular complexity index is 1010. The monoisotopic (exact) mass is 362 g/mol. The first-order valence-electron chi connectivity index (χ1n) is 7.97. The van der Waals surface area contributed by atoms with E-state index in [-0.39, 0.29) is 5.91 Å². The first kappa shape index (κ1) is 17.8. The topological polar surface area (TPSA) is 103 Å². The number of nitriles is 1.